The van der Waals surface area contributed by atoms with E-state index in [0.29, 0.717) is 16.4 Å². The second-order valence-corrected chi connectivity index (χ2v) is 11.2. The second kappa shape index (κ2) is 9.43. The number of anilines is 1. The fourth-order valence-electron chi connectivity index (χ4n) is 4.52. The number of nitrogens with two attached hydrogens (primary N) is 1. The van der Waals surface area contributed by atoms with Crippen LogP contribution in [0.5, 0.6) is 0 Å². The molecule has 3 N–H and O–H groups in total. The number of nitrogens with zero attached hydrogens (tertiary/aromatic N) is 3. The molecular formula is C20H25N4NaO4S2. The van der Waals surface area contributed by atoms with Crippen molar-refractivity contribution in [3.05, 3.63) is 17.2 Å². The number of carbonyl (C=O) groups excluding carboxylic acids is 1. The Kier molecular flexibility index (Phi) is 7.47. The molecule has 2 aliphatic heterocycles. The maximum absolute atomic E-state index is 13.1. The van der Waals surface area contributed by atoms with Crippen LogP contribution in [0.25, 0.3) is 5.57 Å². The van der Waals surface area contributed by atoms with Crippen LogP contribution in [0, 0.1) is 5.92 Å². The van der Waals surface area contributed by atoms with Gasteiger partial charge in [-0.15, -0.1) is 23.1 Å². The number of aliphatic imine (C=N–C) groups is 1. The van der Waals surface area contributed by atoms with Gasteiger partial charge in [-0.25, -0.2) is 9.78 Å². The van der Waals surface area contributed by atoms with Gasteiger partial charge in [0.1, 0.15) is 11.4 Å². The van der Waals surface area contributed by atoms with Crippen LogP contribution in [0.4, 0.5) is 5.13 Å². The van der Waals surface area contributed by atoms with Crippen molar-refractivity contribution in [3.63, 3.8) is 0 Å². The number of amides is 1. The first-order valence-electron chi connectivity index (χ1n) is 10.1. The molecule has 1 aliphatic carbocycles. The van der Waals surface area contributed by atoms with Crippen LogP contribution in [0.15, 0.2) is 16.4 Å². The number of carboxylic acid groups (broad SMARTS) is 1. The number of thiazole rings is 1. The molecule has 0 aromatic carbocycles. The van der Waals surface area contributed by atoms with E-state index in [1.54, 1.807) is 19.2 Å². The van der Waals surface area contributed by atoms with Crippen LogP contribution < -0.4 is 40.4 Å². The molecule has 1 aromatic rings. The number of allylic oxidation sites excluding steroid dienone is 1. The number of aromatic nitrogens is 1. The minimum Gasteiger partial charge on any atom is -0.858 e. The number of fused-ring (bicyclic) bond motifs is 1. The average molecular weight is 473 g/mol. The van der Waals surface area contributed by atoms with Gasteiger partial charge in [0.15, 0.2) is 11.2 Å². The van der Waals surface area contributed by atoms with Crippen molar-refractivity contribution in [2.75, 3.05) is 5.73 Å². The number of carbonyl (C=O) groups is 2. The summed E-state index contributed by atoms with van der Waals surface area (Å²) in [5.41, 5.74) is 6.65. The summed E-state index contributed by atoms with van der Waals surface area (Å²) >= 11 is 2.64. The van der Waals surface area contributed by atoms with Gasteiger partial charge in [-0.05, 0) is 38.5 Å². The molecule has 1 saturated carbocycles. The van der Waals surface area contributed by atoms with E-state index in [4.69, 9.17) is 5.73 Å². The Bertz CT molecular complexity index is 926. The maximum Gasteiger partial charge on any atom is 1.00 e. The molecule has 3 heterocycles. The third-order valence-corrected chi connectivity index (χ3v) is 8.21. The third kappa shape index (κ3) is 4.68. The van der Waals surface area contributed by atoms with Gasteiger partial charge >= 0.3 is 35.5 Å². The summed E-state index contributed by atoms with van der Waals surface area (Å²) in [7, 11) is 0. The summed E-state index contributed by atoms with van der Waals surface area (Å²) in [4.78, 5) is 34.2. The molecule has 3 aliphatic rings. The van der Waals surface area contributed by atoms with Gasteiger partial charge in [-0.2, -0.15) is 0 Å². The molecule has 3 fully saturated rings. The van der Waals surface area contributed by atoms with Gasteiger partial charge in [0, 0.05) is 15.7 Å². The fourth-order valence-corrected chi connectivity index (χ4v) is 6.70. The van der Waals surface area contributed by atoms with Gasteiger partial charge < -0.3 is 20.8 Å². The molecule has 1 aromatic heterocycles. The summed E-state index contributed by atoms with van der Waals surface area (Å²) in [5.74, 6) is -1.65. The van der Waals surface area contributed by atoms with Crippen LogP contribution in [0.1, 0.15) is 51.6 Å². The third-order valence-electron chi connectivity index (χ3n) is 5.98. The maximum atomic E-state index is 13.1. The summed E-state index contributed by atoms with van der Waals surface area (Å²) in [6.45, 7) is 3.60. The topological polar surface area (TPSA) is 132 Å². The molecule has 0 spiro atoms. The van der Waals surface area contributed by atoms with E-state index in [1.165, 1.54) is 34.4 Å². The van der Waals surface area contributed by atoms with Crippen molar-refractivity contribution in [2.24, 2.45) is 10.9 Å². The van der Waals surface area contributed by atoms with Crippen molar-refractivity contribution in [1.82, 2.24) is 9.88 Å². The van der Waals surface area contributed by atoms with Crippen LogP contribution in [-0.2, 0) is 9.59 Å². The standard InChI is InChI=1S/C20H26N4O4S2.Na/c1-20(2)14(18(27)28)24-16(26)13(17(24)30-20)23-15(25)11(12-9-29-19(21)22-12)8-10-6-4-3-5-7-10;/h8-10,13-14,17H,3-7H2,1-2H3,(H2,21,22)(H,23,25)(H,27,28);/q;+1/p-1/b11-8-;/t13-,14+,17-;/m1./s1. The number of rotatable bonds is 5. The van der Waals surface area contributed by atoms with E-state index < -0.39 is 40.0 Å². The molecule has 31 heavy (non-hydrogen) atoms. The predicted octanol–water partition coefficient (Wildman–Crippen LogP) is -1.03. The minimum atomic E-state index is -1.04. The van der Waals surface area contributed by atoms with E-state index in [2.05, 4.69) is 9.98 Å². The van der Waals surface area contributed by atoms with Crippen LogP contribution in [-0.4, -0.2) is 55.0 Å². The monoisotopic (exact) mass is 472 g/mol. The first kappa shape index (κ1) is 24.6. The largest absolute Gasteiger partial charge is 1.00 e. The van der Waals surface area contributed by atoms with Gasteiger partial charge in [-0.3, -0.25) is 9.79 Å². The van der Waals surface area contributed by atoms with E-state index in [1.807, 2.05) is 6.08 Å². The molecule has 0 radical (unpaired) electrons. The number of nitrogen functional groups attached to an aromatic ring is 1. The zero-order valence-corrected chi connectivity index (χ0v) is 21.5. The molecule has 2 saturated heterocycles. The molecule has 11 heteroatoms. The first-order chi connectivity index (χ1) is 14.2. The zero-order valence-electron chi connectivity index (χ0n) is 17.9. The summed E-state index contributed by atoms with van der Waals surface area (Å²) in [5, 5.41) is 24.3. The average Bonchev–Trinajstić information content (AvgIpc) is 3.23. The predicted molar refractivity (Wildman–Crippen MR) is 116 cm³/mol. The van der Waals surface area contributed by atoms with Crippen molar-refractivity contribution in [1.29, 1.82) is 0 Å². The Labute approximate surface area is 211 Å². The smallest absolute Gasteiger partial charge is 0.858 e. The van der Waals surface area contributed by atoms with E-state index in [0.717, 1.165) is 25.7 Å². The Morgan fingerprint density at radius 3 is 2.65 bits per heavy atom. The number of thioether (sulfide) groups is 1. The van der Waals surface area contributed by atoms with Crippen molar-refractivity contribution >= 4 is 51.6 Å². The molecule has 0 unspecified atom stereocenters. The van der Waals surface area contributed by atoms with E-state index >= 15 is 0 Å². The van der Waals surface area contributed by atoms with Gasteiger partial charge in [0.25, 0.3) is 5.91 Å². The van der Waals surface area contributed by atoms with Crippen molar-refractivity contribution in [2.45, 2.75) is 68.2 Å². The van der Waals surface area contributed by atoms with Gasteiger partial charge in [-0.1, -0.05) is 25.3 Å². The Morgan fingerprint density at radius 1 is 1.39 bits per heavy atom. The molecule has 162 valence electrons. The fraction of sp³-hybridized carbons (Fsp3) is 0.600. The summed E-state index contributed by atoms with van der Waals surface area (Å²) in [6.07, 6.45) is 7.41. The Balaban J connectivity index is 0.00000272. The van der Waals surface area contributed by atoms with E-state index in [-0.39, 0.29) is 35.5 Å². The number of carboxylic acids is 1. The molecule has 8 nitrogen and oxygen atoms in total. The van der Waals surface area contributed by atoms with Crippen molar-refractivity contribution < 1.29 is 49.4 Å². The van der Waals surface area contributed by atoms with Gasteiger partial charge in [0.05, 0.1) is 5.69 Å². The van der Waals surface area contributed by atoms with Gasteiger partial charge in [0.2, 0.25) is 0 Å². The molecule has 4 rings (SSSR count). The zero-order chi connectivity index (χ0) is 21.6. The normalized spacial score (nSPS) is 28.6. The van der Waals surface area contributed by atoms with E-state index in [9.17, 15) is 19.8 Å². The summed E-state index contributed by atoms with van der Waals surface area (Å²) in [6, 6.07) is -1.78. The number of β-lactam (4-membered cyclic amide) rings is 1. The number of hydrogen-bond donors (Lipinski definition) is 2. The molecule has 0 bridgehead atoms. The second-order valence-electron chi connectivity index (χ2n) is 8.53. The van der Waals surface area contributed by atoms with Crippen molar-refractivity contribution in [3.8, 4) is 0 Å². The SMILES string of the molecule is CC1(C)S[C@@H]2[C@H](N=C([O-])/C(=C\C3CCCCC3)c3csc(N)n3)C(=O)N2[C@H]1C(=O)O.[Na+]. The van der Waals surface area contributed by atoms with Crippen LogP contribution in [0.3, 0.4) is 0 Å². The van der Waals surface area contributed by atoms with Crippen LogP contribution in [0.2, 0.25) is 0 Å². The molecule has 3 atom stereocenters. The molecule has 1 amide bonds. The quantitative estimate of drug-likeness (QED) is 0.242. The number of hydrogen-bond acceptors (Lipinski definition) is 8. The Hall–Kier alpha value is -1.07. The minimum absolute atomic E-state index is 0. The van der Waals surface area contributed by atoms with Crippen LogP contribution >= 0.6 is 23.1 Å². The summed E-state index contributed by atoms with van der Waals surface area (Å²) < 4.78 is -0.649. The number of aliphatic carboxylic acids is 1. The Morgan fingerprint density at radius 2 is 2.06 bits per heavy atom. The first-order valence-corrected chi connectivity index (χ1v) is 11.9. The molecular weight excluding hydrogens is 447 g/mol.